The van der Waals surface area contributed by atoms with Gasteiger partial charge in [-0.2, -0.15) is 0 Å². The molecule has 4 aromatic rings. The third kappa shape index (κ3) is 2.52. The maximum Gasteiger partial charge on any atom is 0.420 e. The summed E-state index contributed by atoms with van der Waals surface area (Å²) in [6.45, 7) is 0.582. The van der Waals surface area contributed by atoms with E-state index in [-0.39, 0.29) is 18.5 Å². The van der Waals surface area contributed by atoms with Crippen molar-refractivity contribution in [2.45, 2.75) is 25.4 Å². The smallest absolute Gasteiger partial charge is 0.408 e. The topological polar surface area (TPSA) is 85.6 Å². The van der Waals surface area contributed by atoms with Crippen LogP contribution in [0, 0.1) is 0 Å². The lowest BCUT2D eigenvalue weighted by molar-refractivity contribution is -0.133. The van der Waals surface area contributed by atoms with E-state index in [1.165, 1.54) is 4.57 Å². The molecule has 27 heavy (non-hydrogen) atoms. The zero-order valence-electron chi connectivity index (χ0n) is 14.5. The number of carbonyl (C=O) groups is 1. The molecule has 1 fully saturated rings. The molecule has 3 aromatic heterocycles. The fourth-order valence-corrected chi connectivity index (χ4v) is 3.81. The van der Waals surface area contributed by atoms with E-state index in [1.54, 1.807) is 23.1 Å². The number of hydrogen-bond donors (Lipinski definition) is 0. The van der Waals surface area contributed by atoms with E-state index in [0.717, 1.165) is 24.3 Å². The number of para-hydroxylation sites is 2. The Morgan fingerprint density at radius 1 is 1.15 bits per heavy atom. The van der Waals surface area contributed by atoms with Gasteiger partial charge in [-0.15, -0.1) is 10.2 Å². The summed E-state index contributed by atoms with van der Waals surface area (Å²) in [6.07, 6.45) is 3.61. The molecule has 0 bridgehead atoms. The normalized spacial score (nSPS) is 17.2. The maximum atomic E-state index is 13.0. The standard InChI is InChI=1S/C19H17N5O3/c25-17(12-24-13-6-1-2-8-15(13)27-19(24)26)22-11-5-7-14(22)18-21-20-16-9-3-4-10-23(16)18/h1-4,6,8-10,14H,5,7,11-12H2/t14-/m0/s1. The van der Waals surface area contributed by atoms with Crippen LogP contribution in [0.2, 0.25) is 0 Å². The van der Waals surface area contributed by atoms with Gasteiger partial charge in [0.25, 0.3) is 0 Å². The summed E-state index contributed by atoms with van der Waals surface area (Å²) in [5.41, 5.74) is 1.86. The molecule has 1 aromatic carbocycles. The number of hydrogen-bond acceptors (Lipinski definition) is 5. The average molecular weight is 363 g/mol. The SMILES string of the molecule is O=C(Cn1c(=O)oc2ccccc21)N1CCC[C@H]1c1nnc2ccccn12. The Balaban J connectivity index is 1.47. The van der Waals surface area contributed by atoms with Gasteiger partial charge in [-0.1, -0.05) is 18.2 Å². The number of likely N-dealkylation sites (tertiary alicyclic amines) is 1. The second kappa shape index (κ2) is 6.08. The van der Waals surface area contributed by atoms with Crippen molar-refractivity contribution in [3.8, 4) is 0 Å². The van der Waals surface area contributed by atoms with Crippen LogP contribution in [0.1, 0.15) is 24.7 Å². The van der Waals surface area contributed by atoms with Gasteiger partial charge in [0.2, 0.25) is 5.91 Å². The van der Waals surface area contributed by atoms with Crippen molar-refractivity contribution < 1.29 is 9.21 Å². The Labute approximate surface area is 153 Å². The number of oxazole rings is 1. The molecule has 8 heteroatoms. The highest BCUT2D eigenvalue weighted by atomic mass is 16.4. The summed E-state index contributed by atoms with van der Waals surface area (Å²) in [6, 6.07) is 12.7. The highest BCUT2D eigenvalue weighted by Gasteiger charge is 2.33. The first-order valence-electron chi connectivity index (χ1n) is 8.90. The van der Waals surface area contributed by atoms with Gasteiger partial charge < -0.3 is 9.32 Å². The predicted octanol–water partition coefficient (Wildman–Crippen LogP) is 2.00. The summed E-state index contributed by atoms with van der Waals surface area (Å²) in [7, 11) is 0. The molecule has 0 N–H and O–H groups in total. The van der Waals surface area contributed by atoms with Crippen molar-refractivity contribution >= 4 is 22.7 Å². The van der Waals surface area contributed by atoms with Crippen LogP contribution in [0.3, 0.4) is 0 Å². The molecule has 1 atom stereocenters. The van der Waals surface area contributed by atoms with E-state index in [1.807, 2.05) is 34.9 Å². The Kier molecular flexibility index (Phi) is 3.56. The molecule has 8 nitrogen and oxygen atoms in total. The van der Waals surface area contributed by atoms with E-state index in [4.69, 9.17) is 4.42 Å². The van der Waals surface area contributed by atoms with Gasteiger partial charge in [0.1, 0.15) is 6.54 Å². The van der Waals surface area contributed by atoms with Crippen molar-refractivity contribution in [3.05, 3.63) is 65.0 Å². The molecule has 0 spiro atoms. The quantitative estimate of drug-likeness (QED) is 0.556. The summed E-state index contributed by atoms with van der Waals surface area (Å²) >= 11 is 0. The van der Waals surface area contributed by atoms with Gasteiger partial charge in [-0.3, -0.25) is 13.8 Å². The highest BCUT2D eigenvalue weighted by molar-refractivity contribution is 5.80. The minimum absolute atomic E-state index is 0.0525. The molecule has 1 saturated heterocycles. The molecule has 1 aliphatic heterocycles. The summed E-state index contributed by atoms with van der Waals surface area (Å²) in [5.74, 6) is 0.105. The summed E-state index contributed by atoms with van der Waals surface area (Å²) < 4.78 is 8.53. The number of pyridine rings is 1. The minimum Gasteiger partial charge on any atom is -0.408 e. The third-order valence-electron chi connectivity index (χ3n) is 5.08. The molecule has 5 rings (SSSR count). The van der Waals surface area contributed by atoms with Gasteiger partial charge in [-0.25, -0.2) is 4.79 Å². The number of fused-ring (bicyclic) bond motifs is 2. The fourth-order valence-electron chi connectivity index (χ4n) is 3.81. The number of benzene rings is 1. The Morgan fingerprint density at radius 3 is 2.93 bits per heavy atom. The van der Waals surface area contributed by atoms with E-state index in [9.17, 15) is 9.59 Å². The molecule has 0 aliphatic carbocycles. The Morgan fingerprint density at radius 2 is 2.00 bits per heavy atom. The maximum absolute atomic E-state index is 13.0. The van der Waals surface area contributed by atoms with Crippen molar-refractivity contribution in [3.63, 3.8) is 0 Å². The van der Waals surface area contributed by atoms with E-state index in [0.29, 0.717) is 17.6 Å². The zero-order chi connectivity index (χ0) is 18.4. The van der Waals surface area contributed by atoms with Crippen LogP contribution in [0.25, 0.3) is 16.7 Å². The number of aromatic nitrogens is 4. The fraction of sp³-hybridized carbons (Fsp3) is 0.263. The number of rotatable bonds is 3. The molecule has 136 valence electrons. The van der Waals surface area contributed by atoms with E-state index < -0.39 is 5.76 Å². The van der Waals surface area contributed by atoms with Gasteiger partial charge in [0, 0.05) is 12.7 Å². The first-order chi connectivity index (χ1) is 13.2. The molecule has 0 radical (unpaired) electrons. The van der Waals surface area contributed by atoms with Crippen molar-refractivity contribution in [1.82, 2.24) is 24.1 Å². The lowest BCUT2D eigenvalue weighted by atomic mass is 10.2. The molecule has 0 saturated carbocycles. The third-order valence-corrected chi connectivity index (χ3v) is 5.08. The van der Waals surface area contributed by atoms with Crippen LogP contribution in [0.5, 0.6) is 0 Å². The van der Waals surface area contributed by atoms with E-state index in [2.05, 4.69) is 10.2 Å². The molecule has 1 amide bonds. The summed E-state index contributed by atoms with van der Waals surface area (Å²) in [4.78, 5) is 27.0. The van der Waals surface area contributed by atoms with Gasteiger partial charge in [-0.05, 0) is 37.1 Å². The predicted molar refractivity (Wildman–Crippen MR) is 97.1 cm³/mol. The number of carbonyl (C=O) groups excluding carboxylic acids is 1. The van der Waals surface area contributed by atoms with Crippen LogP contribution in [-0.2, 0) is 11.3 Å². The largest absolute Gasteiger partial charge is 0.420 e. The molecule has 4 heterocycles. The minimum atomic E-state index is -0.520. The first kappa shape index (κ1) is 15.8. The molecule has 1 aliphatic rings. The van der Waals surface area contributed by atoms with E-state index >= 15 is 0 Å². The van der Waals surface area contributed by atoms with Crippen LogP contribution in [0.15, 0.2) is 57.9 Å². The highest BCUT2D eigenvalue weighted by Crippen LogP contribution is 2.31. The lowest BCUT2D eigenvalue weighted by Crippen LogP contribution is -2.36. The van der Waals surface area contributed by atoms with Crippen LogP contribution < -0.4 is 5.76 Å². The monoisotopic (exact) mass is 363 g/mol. The van der Waals surface area contributed by atoms with Gasteiger partial charge in [0.15, 0.2) is 17.1 Å². The second-order valence-corrected chi connectivity index (χ2v) is 6.65. The lowest BCUT2D eigenvalue weighted by Gasteiger charge is -2.23. The number of amides is 1. The molecule has 0 unspecified atom stereocenters. The van der Waals surface area contributed by atoms with Crippen molar-refractivity contribution in [2.24, 2.45) is 0 Å². The van der Waals surface area contributed by atoms with Gasteiger partial charge >= 0.3 is 5.76 Å². The molecular weight excluding hydrogens is 346 g/mol. The number of nitrogens with zero attached hydrogens (tertiary/aromatic N) is 5. The first-order valence-corrected chi connectivity index (χ1v) is 8.90. The van der Waals surface area contributed by atoms with Crippen molar-refractivity contribution in [1.29, 1.82) is 0 Å². The molecular formula is C19H17N5O3. The van der Waals surface area contributed by atoms with Crippen LogP contribution in [-0.4, -0.2) is 36.5 Å². The van der Waals surface area contributed by atoms with Crippen molar-refractivity contribution in [2.75, 3.05) is 6.54 Å². The van der Waals surface area contributed by atoms with Crippen LogP contribution >= 0.6 is 0 Å². The Hall–Kier alpha value is -3.42. The van der Waals surface area contributed by atoms with Crippen LogP contribution in [0.4, 0.5) is 0 Å². The summed E-state index contributed by atoms with van der Waals surface area (Å²) in [5, 5.41) is 8.50. The van der Waals surface area contributed by atoms with Gasteiger partial charge in [0.05, 0.1) is 11.6 Å². The average Bonchev–Trinajstić information content (AvgIpc) is 3.39. The Bertz CT molecular complexity index is 1200. The zero-order valence-corrected chi connectivity index (χ0v) is 14.5. The second-order valence-electron chi connectivity index (χ2n) is 6.65.